The maximum absolute atomic E-state index is 12.6. The number of carbonyl (C=O) groups excluding carboxylic acids is 1. The highest BCUT2D eigenvalue weighted by atomic mass is 16.2. The lowest BCUT2D eigenvalue weighted by Gasteiger charge is -2.13. The van der Waals surface area contributed by atoms with E-state index in [1.54, 1.807) is 18.6 Å². The molecule has 1 aromatic carbocycles. The third kappa shape index (κ3) is 3.54. The minimum absolute atomic E-state index is 0.0701. The molecular weight excluding hydrogens is 364 g/mol. The second-order valence-corrected chi connectivity index (χ2v) is 7.12. The predicted octanol–water partition coefficient (Wildman–Crippen LogP) is 4.00. The fourth-order valence-corrected chi connectivity index (χ4v) is 3.64. The molecule has 4 heterocycles. The summed E-state index contributed by atoms with van der Waals surface area (Å²) >= 11 is 0. The molecule has 7 nitrogen and oxygen atoms in total. The van der Waals surface area contributed by atoms with E-state index < -0.39 is 0 Å². The van der Waals surface area contributed by atoms with Crippen molar-refractivity contribution in [1.82, 2.24) is 24.8 Å². The first-order valence-corrected chi connectivity index (χ1v) is 9.69. The summed E-state index contributed by atoms with van der Waals surface area (Å²) in [5, 5.41) is 4.22. The number of hydrogen-bond acceptors (Lipinski definition) is 5. The minimum Gasteiger partial charge on any atom is -0.351 e. The first-order valence-electron chi connectivity index (χ1n) is 9.69. The number of pyridine rings is 1. The van der Waals surface area contributed by atoms with Crippen LogP contribution in [0.5, 0.6) is 0 Å². The minimum atomic E-state index is 0.0701. The van der Waals surface area contributed by atoms with Gasteiger partial charge in [-0.15, -0.1) is 0 Å². The highest BCUT2D eigenvalue weighted by Gasteiger charge is 2.21. The van der Waals surface area contributed by atoms with E-state index in [1.165, 1.54) is 0 Å². The van der Waals surface area contributed by atoms with Crippen molar-refractivity contribution in [2.45, 2.75) is 12.8 Å². The lowest BCUT2D eigenvalue weighted by atomic mass is 10.2. The first-order chi connectivity index (χ1) is 14.3. The third-order valence-electron chi connectivity index (χ3n) is 5.11. The van der Waals surface area contributed by atoms with E-state index in [2.05, 4.69) is 25.3 Å². The number of benzene rings is 1. The zero-order valence-corrected chi connectivity index (χ0v) is 15.8. The Morgan fingerprint density at radius 1 is 1.07 bits per heavy atom. The Morgan fingerprint density at radius 2 is 1.97 bits per heavy atom. The van der Waals surface area contributed by atoms with Gasteiger partial charge in [0.1, 0.15) is 5.69 Å². The van der Waals surface area contributed by atoms with Gasteiger partial charge in [0.05, 0.1) is 5.69 Å². The van der Waals surface area contributed by atoms with Crippen molar-refractivity contribution >= 4 is 28.4 Å². The van der Waals surface area contributed by atoms with Gasteiger partial charge in [0.25, 0.3) is 5.91 Å². The fraction of sp³-hybridized carbons (Fsp3) is 0.182. The fourth-order valence-electron chi connectivity index (χ4n) is 3.64. The first kappa shape index (κ1) is 17.4. The standard InChI is InChI=1S/C22H20N6O/c29-21(28-10-1-2-11-28)20-13-16-12-17(5-6-18(16)26-20)25-22-24-9-7-19(27-22)15-4-3-8-23-14-15/h3-9,12-14,26H,1-2,10-11H2,(H,24,25,27). The van der Waals surface area contributed by atoms with Crippen LogP contribution in [-0.2, 0) is 0 Å². The van der Waals surface area contributed by atoms with Crippen LogP contribution in [0.3, 0.4) is 0 Å². The number of nitrogens with zero attached hydrogens (tertiary/aromatic N) is 4. The SMILES string of the molecule is O=C(c1cc2cc(Nc3nccc(-c4cccnc4)n3)ccc2[nH]1)N1CCCC1. The molecule has 2 N–H and O–H groups in total. The topological polar surface area (TPSA) is 86.8 Å². The van der Waals surface area contributed by atoms with Gasteiger partial charge in [0.15, 0.2) is 0 Å². The van der Waals surface area contributed by atoms with Crippen molar-refractivity contribution in [1.29, 1.82) is 0 Å². The molecule has 0 atom stereocenters. The summed E-state index contributed by atoms with van der Waals surface area (Å²) in [5.74, 6) is 0.579. The average molecular weight is 384 g/mol. The van der Waals surface area contributed by atoms with Crippen LogP contribution in [0.25, 0.3) is 22.2 Å². The summed E-state index contributed by atoms with van der Waals surface area (Å²) < 4.78 is 0. The van der Waals surface area contributed by atoms with Gasteiger partial charge < -0.3 is 15.2 Å². The molecule has 1 fully saturated rings. The second kappa shape index (κ2) is 7.35. The van der Waals surface area contributed by atoms with Crippen molar-refractivity contribution in [2.75, 3.05) is 18.4 Å². The Labute approximate surface area is 167 Å². The van der Waals surface area contributed by atoms with Gasteiger partial charge in [-0.1, -0.05) is 0 Å². The van der Waals surface area contributed by atoms with Crippen molar-refractivity contribution in [3.8, 4) is 11.3 Å². The molecule has 0 radical (unpaired) electrons. The van der Waals surface area contributed by atoms with Crippen LogP contribution in [-0.4, -0.2) is 43.8 Å². The van der Waals surface area contributed by atoms with Crippen LogP contribution in [0.1, 0.15) is 23.3 Å². The normalized spacial score (nSPS) is 13.7. The van der Waals surface area contributed by atoms with E-state index in [0.29, 0.717) is 11.6 Å². The van der Waals surface area contributed by atoms with E-state index in [0.717, 1.165) is 53.8 Å². The lowest BCUT2D eigenvalue weighted by molar-refractivity contribution is 0.0788. The molecular formula is C22H20N6O. The summed E-state index contributed by atoms with van der Waals surface area (Å²) in [5.41, 5.74) is 4.16. The number of amides is 1. The molecule has 0 bridgehead atoms. The summed E-state index contributed by atoms with van der Waals surface area (Å²) in [6.45, 7) is 1.68. The molecule has 1 aliphatic heterocycles. The highest BCUT2D eigenvalue weighted by molar-refractivity contribution is 5.98. The van der Waals surface area contributed by atoms with Crippen molar-refractivity contribution in [3.63, 3.8) is 0 Å². The molecule has 0 saturated carbocycles. The Bertz CT molecular complexity index is 1160. The molecule has 4 aromatic rings. The molecule has 144 valence electrons. The summed E-state index contributed by atoms with van der Waals surface area (Å²) in [6.07, 6.45) is 7.39. The van der Waals surface area contributed by atoms with Gasteiger partial charge in [-0.05, 0) is 55.3 Å². The average Bonchev–Trinajstić information content (AvgIpc) is 3.44. The van der Waals surface area contributed by atoms with E-state index in [4.69, 9.17) is 0 Å². The maximum Gasteiger partial charge on any atom is 0.270 e. The molecule has 29 heavy (non-hydrogen) atoms. The molecule has 0 unspecified atom stereocenters. The Balaban J connectivity index is 1.39. The molecule has 5 rings (SSSR count). The van der Waals surface area contributed by atoms with Crippen molar-refractivity contribution < 1.29 is 4.79 Å². The molecule has 1 saturated heterocycles. The second-order valence-electron chi connectivity index (χ2n) is 7.12. The van der Waals surface area contributed by atoms with E-state index in [9.17, 15) is 4.79 Å². The zero-order valence-electron chi connectivity index (χ0n) is 15.8. The molecule has 0 spiro atoms. The number of hydrogen-bond donors (Lipinski definition) is 2. The molecule has 0 aliphatic carbocycles. The lowest BCUT2D eigenvalue weighted by Crippen LogP contribution is -2.27. The Morgan fingerprint density at radius 3 is 2.79 bits per heavy atom. The predicted molar refractivity (Wildman–Crippen MR) is 112 cm³/mol. The van der Waals surface area contributed by atoms with Crippen molar-refractivity contribution in [3.05, 3.63) is 66.7 Å². The highest BCUT2D eigenvalue weighted by Crippen LogP contribution is 2.24. The van der Waals surface area contributed by atoms with Crippen molar-refractivity contribution in [2.24, 2.45) is 0 Å². The van der Waals surface area contributed by atoms with E-state index in [1.807, 2.05) is 47.4 Å². The van der Waals surface area contributed by atoms with E-state index in [-0.39, 0.29) is 5.91 Å². The number of aromatic amines is 1. The third-order valence-corrected chi connectivity index (χ3v) is 5.11. The summed E-state index contributed by atoms with van der Waals surface area (Å²) in [7, 11) is 0. The summed E-state index contributed by atoms with van der Waals surface area (Å²) in [6, 6.07) is 13.5. The van der Waals surface area contributed by atoms with Crippen LogP contribution >= 0.6 is 0 Å². The van der Waals surface area contributed by atoms with Crippen LogP contribution in [0.2, 0.25) is 0 Å². The van der Waals surface area contributed by atoms with Crippen LogP contribution in [0, 0.1) is 0 Å². The van der Waals surface area contributed by atoms with Gasteiger partial charge in [0, 0.05) is 53.8 Å². The number of H-pyrrole nitrogens is 1. The molecule has 1 amide bonds. The number of rotatable bonds is 4. The monoisotopic (exact) mass is 384 g/mol. The van der Waals surface area contributed by atoms with Gasteiger partial charge in [0.2, 0.25) is 5.95 Å². The van der Waals surface area contributed by atoms with Crippen LogP contribution < -0.4 is 5.32 Å². The number of likely N-dealkylation sites (tertiary alicyclic amines) is 1. The van der Waals surface area contributed by atoms with Gasteiger partial charge in [-0.3, -0.25) is 9.78 Å². The van der Waals surface area contributed by atoms with E-state index >= 15 is 0 Å². The van der Waals surface area contributed by atoms with Crippen LogP contribution in [0.4, 0.5) is 11.6 Å². The largest absolute Gasteiger partial charge is 0.351 e. The smallest absolute Gasteiger partial charge is 0.270 e. The maximum atomic E-state index is 12.6. The number of anilines is 2. The number of fused-ring (bicyclic) bond motifs is 1. The zero-order chi connectivity index (χ0) is 19.6. The van der Waals surface area contributed by atoms with Gasteiger partial charge in [-0.25, -0.2) is 9.97 Å². The molecule has 3 aromatic heterocycles. The number of aromatic nitrogens is 4. The number of carbonyl (C=O) groups is 1. The van der Waals surface area contributed by atoms with Crippen LogP contribution in [0.15, 0.2) is 61.1 Å². The molecule has 7 heteroatoms. The quantitative estimate of drug-likeness (QED) is 0.555. The summed E-state index contributed by atoms with van der Waals surface area (Å²) in [4.78, 5) is 30.8. The van der Waals surface area contributed by atoms with Gasteiger partial charge >= 0.3 is 0 Å². The molecule has 1 aliphatic rings. The Hall–Kier alpha value is -3.74. The number of nitrogens with one attached hydrogen (secondary N) is 2. The Kier molecular flexibility index (Phi) is 4.40. The van der Waals surface area contributed by atoms with Gasteiger partial charge in [-0.2, -0.15) is 0 Å².